The first-order valence-electron chi connectivity index (χ1n) is 4.45. The zero-order chi connectivity index (χ0) is 10.5. The molecule has 2 aliphatic rings. The monoisotopic (exact) mass is 206 g/mol. The van der Waals surface area contributed by atoms with E-state index in [4.69, 9.17) is 9.47 Å². The summed E-state index contributed by atoms with van der Waals surface area (Å²) in [5.74, 6) is 0. The molecule has 2 fully saturated rings. The Bertz CT molecular complexity index is 230. The molecule has 14 heavy (non-hydrogen) atoms. The molecular weight excluding hydrogens is 192 g/mol. The van der Waals surface area contributed by atoms with Crippen LogP contribution in [0.2, 0.25) is 0 Å². The zero-order valence-corrected chi connectivity index (χ0v) is 7.70. The fourth-order valence-electron chi connectivity index (χ4n) is 2.09. The van der Waals surface area contributed by atoms with Gasteiger partial charge in [-0.1, -0.05) is 0 Å². The average molecular weight is 206 g/mol. The molecule has 6 nitrogen and oxygen atoms in total. The van der Waals surface area contributed by atoms with Crippen LogP contribution in [0.3, 0.4) is 0 Å². The number of ether oxygens (including phenoxy) is 2. The van der Waals surface area contributed by atoms with E-state index in [0.717, 1.165) is 0 Å². The normalized spacial score (nSPS) is 57.6. The fourth-order valence-corrected chi connectivity index (χ4v) is 2.09. The lowest BCUT2D eigenvalue weighted by molar-refractivity contribution is -0.375. The molecule has 1 saturated heterocycles. The molecule has 1 saturated carbocycles. The zero-order valence-electron chi connectivity index (χ0n) is 7.70. The van der Waals surface area contributed by atoms with Gasteiger partial charge in [0.15, 0.2) is 6.29 Å². The van der Waals surface area contributed by atoms with Crippen LogP contribution in [0.4, 0.5) is 0 Å². The van der Waals surface area contributed by atoms with E-state index in [2.05, 4.69) is 0 Å². The van der Waals surface area contributed by atoms with Gasteiger partial charge in [-0.15, -0.1) is 0 Å². The number of aliphatic hydroxyl groups excluding tert-OH is 3. The lowest BCUT2D eigenvalue weighted by Crippen LogP contribution is -2.76. The molecule has 1 aliphatic heterocycles. The van der Waals surface area contributed by atoms with E-state index in [1.807, 2.05) is 0 Å². The molecule has 6 atom stereocenters. The maximum absolute atomic E-state index is 9.80. The van der Waals surface area contributed by atoms with E-state index in [1.54, 1.807) is 0 Å². The Labute approximate surface area is 80.7 Å². The topological polar surface area (TPSA) is 99.4 Å². The van der Waals surface area contributed by atoms with Crippen LogP contribution >= 0.6 is 0 Å². The van der Waals surface area contributed by atoms with E-state index in [-0.39, 0.29) is 6.42 Å². The van der Waals surface area contributed by atoms with Crippen molar-refractivity contribution < 1.29 is 29.9 Å². The minimum Gasteiger partial charge on any atom is -0.390 e. The van der Waals surface area contributed by atoms with Gasteiger partial charge in [-0.25, -0.2) is 0 Å². The predicted molar refractivity (Wildman–Crippen MR) is 43.3 cm³/mol. The van der Waals surface area contributed by atoms with Gasteiger partial charge in [-0.3, -0.25) is 0 Å². The third-order valence-corrected chi connectivity index (χ3v) is 3.01. The molecule has 2 rings (SSSR count). The van der Waals surface area contributed by atoms with Gasteiger partial charge in [0.05, 0.1) is 6.10 Å². The van der Waals surface area contributed by atoms with Crippen LogP contribution in [-0.4, -0.2) is 63.8 Å². The molecule has 0 spiro atoms. The Morgan fingerprint density at radius 1 is 1.36 bits per heavy atom. The minimum absolute atomic E-state index is 0.00628. The largest absolute Gasteiger partial charge is 0.390 e. The molecule has 6 heteroatoms. The smallest absolute Gasteiger partial charge is 0.186 e. The van der Waals surface area contributed by atoms with Crippen LogP contribution in [0, 0.1) is 0 Å². The van der Waals surface area contributed by atoms with Gasteiger partial charge < -0.3 is 29.9 Å². The van der Waals surface area contributed by atoms with Gasteiger partial charge >= 0.3 is 0 Å². The first-order valence-corrected chi connectivity index (χ1v) is 4.45. The van der Waals surface area contributed by atoms with Crippen LogP contribution in [0.1, 0.15) is 6.42 Å². The lowest BCUT2D eigenvalue weighted by atomic mass is 9.67. The number of rotatable bonds is 1. The molecule has 4 N–H and O–H groups in total. The Morgan fingerprint density at radius 3 is 2.50 bits per heavy atom. The van der Waals surface area contributed by atoms with Crippen LogP contribution in [-0.2, 0) is 9.47 Å². The van der Waals surface area contributed by atoms with Crippen LogP contribution in [0.15, 0.2) is 0 Å². The second-order valence-corrected chi connectivity index (χ2v) is 3.86. The van der Waals surface area contributed by atoms with Crippen molar-refractivity contribution in [3.05, 3.63) is 0 Å². The molecule has 0 radical (unpaired) electrons. The van der Waals surface area contributed by atoms with Gasteiger partial charge in [0.1, 0.15) is 23.9 Å². The van der Waals surface area contributed by atoms with Crippen LogP contribution in [0.5, 0.6) is 0 Å². The number of aliphatic hydroxyl groups is 4. The van der Waals surface area contributed by atoms with E-state index >= 15 is 0 Å². The highest BCUT2D eigenvalue weighted by Gasteiger charge is 2.64. The second kappa shape index (κ2) is 3.13. The average Bonchev–Trinajstić information content (AvgIpc) is 2.15. The highest BCUT2D eigenvalue weighted by molar-refractivity contribution is 5.13. The third-order valence-electron chi connectivity index (χ3n) is 3.01. The van der Waals surface area contributed by atoms with Crippen LogP contribution in [0.25, 0.3) is 0 Å². The number of fused-ring (bicyclic) bond motifs is 1. The summed E-state index contributed by atoms with van der Waals surface area (Å²) >= 11 is 0. The minimum atomic E-state index is -1.55. The van der Waals surface area contributed by atoms with Gasteiger partial charge in [0, 0.05) is 13.5 Å². The summed E-state index contributed by atoms with van der Waals surface area (Å²) in [4.78, 5) is 0. The highest BCUT2D eigenvalue weighted by atomic mass is 16.7. The van der Waals surface area contributed by atoms with Crippen molar-refractivity contribution in [2.24, 2.45) is 0 Å². The summed E-state index contributed by atoms with van der Waals surface area (Å²) in [7, 11) is 1.32. The molecule has 0 aromatic heterocycles. The summed E-state index contributed by atoms with van der Waals surface area (Å²) in [5, 5.41) is 38.1. The molecule has 0 amide bonds. The summed E-state index contributed by atoms with van der Waals surface area (Å²) in [6.45, 7) is 0. The van der Waals surface area contributed by atoms with Crippen molar-refractivity contribution in [1.82, 2.24) is 0 Å². The molecule has 1 aliphatic carbocycles. The maximum Gasteiger partial charge on any atom is 0.186 e. The Hall–Kier alpha value is -0.240. The van der Waals surface area contributed by atoms with Crippen molar-refractivity contribution in [3.63, 3.8) is 0 Å². The number of methoxy groups -OCH3 is 1. The van der Waals surface area contributed by atoms with Crippen molar-refractivity contribution in [1.29, 1.82) is 0 Å². The van der Waals surface area contributed by atoms with E-state index < -0.39 is 36.3 Å². The maximum atomic E-state index is 9.80. The molecule has 1 unspecified atom stereocenters. The highest BCUT2D eigenvalue weighted by Crippen LogP contribution is 2.43. The van der Waals surface area contributed by atoms with Crippen molar-refractivity contribution in [2.45, 2.75) is 42.7 Å². The SMILES string of the molecule is CO[C@H]1O[C@@H]2C(O)C[C@]2(O)[C@H](O)[C@H]1O. The van der Waals surface area contributed by atoms with E-state index in [1.165, 1.54) is 7.11 Å². The van der Waals surface area contributed by atoms with Crippen LogP contribution < -0.4 is 0 Å². The Balaban J connectivity index is 2.17. The fraction of sp³-hybridized carbons (Fsp3) is 1.00. The first-order chi connectivity index (χ1) is 6.50. The van der Waals surface area contributed by atoms with Gasteiger partial charge in [-0.2, -0.15) is 0 Å². The van der Waals surface area contributed by atoms with Gasteiger partial charge in [0.25, 0.3) is 0 Å². The van der Waals surface area contributed by atoms with Crippen molar-refractivity contribution in [2.75, 3.05) is 7.11 Å². The van der Waals surface area contributed by atoms with Gasteiger partial charge in [0.2, 0.25) is 0 Å². The van der Waals surface area contributed by atoms with E-state index in [9.17, 15) is 20.4 Å². The molecule has 1 heterocycles. The van der Waals surface area contributed by atoms with E-state index in [0.29, 0.717) is 0 Å². The molecule has 0 aromatic carbocycles. The first kappa shape index (κ1) is 10.3. The predicted octanol–water partition coefficient (Wildman–Crippen LogP) is -2.42. The molecule has 82 valence electrons. The van der Waals surface area contributed by atoms with Crippen molar-refractivity contribution >= 4 is 0 Å². The summed E-state index contributed by atoms with van der Waals surface area (Å²) in [5.41, 5.74) is -1.55. The van der Waals surface area contributed by atoms with Gasteiger partial charge in [-0.05, 0) is 0 Å². The quantitative estimate of drug-likeness (QED) is 0.381. The summed E-state index contributed by atoms with van der Waals surface area (Å²) in [6, 6.07) is 0. The molecule has 0 aromatic rings. The summed E-state index contributed by atoms with van der Waals surface area (Å²) in [6.07, 6.45) is -5.36. The number of hydrogen-bond acceptors (Lipinski definition) is 6. The lowest BCUT2D eigenvalue weighted by Gasteiger charge is -2.56. The second-order valence-electron chi connectivity index (χ2n) is 3.86. The summed E-state index contributed by atoms with van der Waals surface area (Å²) < 4.78 is 9.87. The number of hydrogen-bond donors (Lipinski definition) is 4. The molecule has 0 bridgehead atoms. The Kier molecular flexibility index (Phi) is 2.30. The standard InChI is InChI=1S/C8H14O6/c1-13-7-4(10)5(11)8(12)2-3(9)6(8)14-7/h3-7,9-12H,2H2,1H3/t3?,4-,5-,6-,7+,8+/m1/s1. The third kappa shape index (κ3) is 1.13. The Morgan fingerprint density at radius 2 is 2.00 bits per heavy atom. The molecular formula is C8H14O6. The van der Waals surface area contributed by atoms with Crippen molar-refractivity contribution in [3.8, 4) is 0 Å².